The van der Waals surface area contributed by atoms with Crippen LogP contribution in [0.25, 0.3) is 0 Å². The Morgan fingerprint density at radius 2 is 1.87 bits per heavy atom. The highest BCUT2D eigenvalue weighted by Crippen LogP contribution is 2.09. The first kappa shape index (κ1) is 19.6. The average Bonchev–Trinajstić information content (AvgIpc) is 2.56. The van der Waals surface area contributed by atoms with Crippen molar-refractivity contribution in [1.82, 2.24) is 10.2 Å². The van der Waals surface area contributed by atoms with Gasteiger partial charge in [0.05, 0.1) is 13.2 Å². The summed E-state index contributed by atoms with van der Waals surface area (Å²) in [5.41, 5.74) is 0.963. The van der Waals surface area contributed by atoms with E-state index < -0.39 is 0 Å². The molecule has 0 aliphatic heterocycles. The van der Waals surface area contributed by atoms with Crippen molar-refractivity contribution in [3.63, 3.8) is 0 Å². The molecule has 0 saturated heterocycles. The highest BCUT2D eigenvalue weighted by atomic mass is 19.1. The van der Waals surface area contributed by atoms with Crippen LogP contribution in [0.1, 0.15) is 26.3 Å². The van der Waals surface area contributed by atoms with Gasteiger partial charge in [-0.25, -0.2) is 4.39 Å². The van der Waals surface area contributed by atoms with E-state index in [9.17, 15) is 9.18 Å². The minimum atomic E-state index is -0.257. The third-order valence-corrected chi connectivity index (χ3v) is 3.89. The standard InChI is InChI=1S/C18H29FN2O2/c1-4-21(5-2)11-13-23-12-10-20-18(22)15(3)14-16-6-8-17(19)9-7-16/h6-9,15H,4-5,10-14H2,1-3H3,(H,20,22). The van der Waals surface area contributed by atoms with E-state index in [4.69, 9.17) is 4.74 Å². The minimum absolute atomic E-state index is 0.00154. The Hall–Kier alpha value is -1.46. The first-order chi connectivity index (χ1) is 11.1. The number of benzene rings is 1. The number of ether oxygens (including phenoxy) is 1. The Labute approximate surface area is 139 Å². The van der Waals surface area contributed by atoms with Gasteiger partial charge in [-0.3, -0.25) is 4.79 Å². The maximum Gasteiger partial charge on any atom is 0.223 e. The topological polar surface area (TPSA) is 41.6 Å². The van der Waals surface area contributed by atoms with Crippen molar-refractivity contribution in [2.75, 3.05) is 39.4 Å². The van der Waals surface area contributed by atoms with Crippen LogP contribution < -0.4 is 5.32 Å². The molecule has 130 valence electrons. The first-order valence-electron chi connectivity index (χ1n) is 8.39. The lowest BCUT2D eigenvalue weighted by atomic mass is 10.0. The van der Waals surface area contributed by atoms with Crippen LogP contribution in [0, 0.1) is 11.7 Å². The summed E-state index contributed by atoms with van der Waals surface area (Å²) in [7, 11) is 0. The van der Waals surface area contributed by atoms with Crippen LogP contribution in [-0.2, 0) is 16.0 Å². The molecular weight excluding hydrogens is 295 g/mol. The number of carbonyl (C=O) groups is 1. The molecule has 1 amide bonds. The highest BCUT2D eigenvalue weighted by molar-refractivity contribution is 5.78. The molecule has 4 nitrogen and oxygen atoms in total. The fourth-order valence-corrected chi connectivity index (χ4v) is 2.32. The molecule has 0 spiro atoms. The summed E-state index contributed by atoms with van der Waals surface area (Å²) in [5, 5.41) is 2.88. The number of hydrogen-bond acceptors (Lipinski definition) is 3. The van der Waals surface area contributed by atoms with E-state index in [2.05, 4.69) is 24.1 Å². The molecule has 1 N–H and O–H groups in total. The van der Waals surface area contributed by atoms with Crippen molar-refractivity contribution in [2.45, 2.75) is 27.2 Å². The third kappa shape index (κ3) is 8.09. The molecule has 23 heavy (non-hydrogen) atoms. The summed E-state index contributed by atoms with van der Waals surface area (Å²) in [6, 6.07) is 6.28. The number of halogens is 1. The van der Waals surface area contributed by atoms with Crippen LogP contribution in [-0.4, -0.2) is 50.2 Å². The maximum absolute atomic E-state index is 12.9. The summed E-state index contributed by atoms with van der Waals surface area (Å²) in [5.74, 6) is -0.398. The lowest BCUT2D eigenvalue weighted by Crippen LogP contribution is -2.33. The molecule has 0 bridgehead atoms. The normalized spacial score (nSPS) is 12.4. The average molecular weight is 324 g/mol. The van der Waals surface area contributed by atoms with Crippen LogP contribution in [0.2, 0.25) is 0 Å². The smallest absolute Gasteiger partial charge is 0.223 e. The Kier molecular flexibility index (Phi) is 9.48. The molecule has 1 rings (SSSR count). The van der Waals surface area contributed by atoms with E-state index in [0.717, 1.165) is 25.2 Å². The van der Waals surface area contributed by atoms with E-state index in [1.54, 1.807) is 12.1 Å². The van der Waals surface area contributed by atoms with Gasteiger partial charge < -0.3 is 15.0 Å². The van der Waals surface area contributed by atoms with E-state index in [1.165, 1.54) is 12.1 Å². The second kappa shape index (κ2) is 11.1. The van der Waals surface area contributed by atoms with Gasteiger partial charge in [0.2, 0.25) is 5.91 Å². The van der Waals surface area contributed by atoms with Gasteiger partial charge in [-0.1, -0.05) is 32.9 Å². The molecule has 0 fully saturated rings. The molecule has 0 aromatic heterocycles. The quantitative estimate of drug-likeness (QED) is 0.636. The molecule has 0 aliphatic carbocycles. The van der Waals surface area contributed by atoms with E-state index in [-0.39, 0.29) is 17.6 Å². The summed E-state index contributed by atoms with van der Waals surface area (Å²) < 4.78 is 18.4. The Bertz CT molecular complexity index is 447. The fraction of sp³-hybridized carbons (Fsp3) is 0.611. The lowest BCUT2D eigenvalue weighted by molar-refractivity contribution is -0.124. The van der Waals surface area contributed by atoms with Crippen LogP contribution >= 0.6 is 0 Å². The number of carbonyl (C=O) groups excluding carboxylic acids is 1. The molecule has 1 atom stereocenters. The van der Waals surface area contributed by atoms with Gasteiger partial charge in [-0.15, -0.1) is 0 Å². The molecule has 5 heteroatoms. The van der Waals surface area contributed by atoms with Gasteiger partial charge in [-0.2, -0.15) is 0 Å². The largest absolute Gasteiger partial charge is 0.378 e. The molecule has 0 aliphatic rings. The van der Waals surface area contributed by atoms with Crippen LogP contribution in [0.15, 0.2) is 24.3 Å². The minimum Gasteiger partial charge on any atom is -0.378 e. The van der Waals surface area contributed by atoms with Crippen LogP contribution in [0.4, 0.5) is 4.39 Å². The molecule has 1 aromatic carbocycles. The summed E-state index contributed by atoms with van der Waals surface area (Å²) >= 11 is 0. The van der Waals surface area contributed by atoms with Crippen molar-refractivity contribution in [1.29, 1.82) is 0 Å². The van der Waals surface area contributed by atoms with Gasteiger partial charge in [0.1, 0.15) is 5.82 Å². The van der Waals surface area contributed by atoms with Crippen molar-refractivity contribution < 1.29 is 13.9 Å². The Balaban J connectivity index is 2.14. The number of likely N-dealkylation sites (N-methyl/N-ethyl adjacent to an activating group) is 1. The SMILES string of the molecule is CCN(CC)CCOCCNC(=O)C(C)Cc1ccc(F)cc1. The zero-order valence-electron chi connectivity index (χ0n) is 14.5. The Morgan fingerprint density at radius 1 is 1.22 bits per heavy atom. The van der Waals surface area contributed by atoms with Gasteiger partial charge >= 0.3 is 0 Å². The van der Waals surface area contributed by atoms with Crippen molar-refractivity contribution in [3.8, 4) is 0 Å². The predicted octanol–water partition coefficient (Wildman–Crippen LogP) is 2.48. The van der Waals surface area contributed by atoms with Crippen LogP contribution in [0.5, 0.6) is 0 Å². The van der Waals surface area contributed by atoms with E-state index in [1.807, 2.05) is 6.92 Å². The number of nitrogens with zero attached hydrogens (tertiary/aromatic N) is 1. The van der Waals surface area contributed by atoms with E-state index in [0.29, 0.717) is 26.2 Å². The molecule has 0 radical (unpaired) electrons. The van der Waals surface area contributed by atoms with Gasteiger partial charge in [0.15, 0.2) is 0 Å². The number of hydrogen-bond donors (Lipinski definition) is 1. The van der Waals surface area contributed by atoms with Gasteiger partial charge in [-0.05, 0) is 37.2 Å². The summed E-state index contributed by atoms with van der Waals surface area (Å²) in [6.07, 6.45) is 0.606. The lowest BCUT2D eigenvalue weighted by Gasteiger charge is -2.17. The number of amides is 1. The van der Waals surface area contributed by atoms with E-state index >= 15 is 0 Å². The number of nitrogens with one attached hydrogen (secondary N) is 1. The van der Waals surface area contributed by atoms with Crippen LogP contribution in [0.3, 0.4) is 0 Å². The Morgan fingerprint density at radius 3 is 2.48 bits per heavy atom. The highest BCUT2D eigenvalue weighted by Gasteiger charge is 2.13. The maximum atomic E-state index is 12.9. The third-order valence-electron chi connectivity index (χ3n) is 3.89. The first-order valence-corrected chi connectivity index (χ1v) is 8.39. The number of rotatable bonds is 11. The molecule has 1 aromatic rings. The zero-order chi connectivity index (χ0) is 17.1. The van der Waals surface area contributed by atoms with Crippen molar-refractivity contribution in [3.05, 3.63) is 35.6 Å². The predicted molar refractivity (Wildman–Crippen MR) is 90.9 cm³/mol. The summed E-state index contributed by atoms with van der Waals surface area (Å²) in [4.78, 5) is 14.3. The van der Waals surface area contributed by atoms with Crippen molar-refractivity contribution in [2.24, 2.45) is 5.92 Å². The molecule has 0 saturated carbocycles. The second-order valence-electron chi connectivity index (χ2n) is 5.66. The molecule has 0 heterocycles. The second-order valence-corrected chi connectivity index (χ2v) is 5.66. The zero-order valence-corrected chi connectivity index (χ0v) is 14.5. The molecular formula is C18H29FN2O2. The summed E-state index contributed by atoms with van der Waals surface area (Å²) in [6.45, 7) is 10.8. The monoisotopic (exact) mass is 324 g/mol. The molecule has 1 unspecified atom stereocenters. The van der Waals surface area contributed by atoms with Gasteiger partial charge in [0, 0.05) is 19.0 Å². The van der Waals surface area contributed by atoms with Gasteiger partial charge in [0.25, 0.3) is 0 Å². The fourth-order valence-electron chi connectivity index (χ4n) is 2.32. The van der Waals surface area contributed by atoms with Crippen molar-refractivity contribution >= 4 is 5.91 Å².